The van der Waals surface area contributed by atoms with Gasteiger partial charge >= 0.3 is 0 Å². The van der Waals surface area contributed by atoms with Crippen LogP contribution in [0.5, 0.6) is 5.75 Å². The number of para-hydroxylation sites is 1. The number of anilines is 1. The molecule has 0 spiro atoms. The standard InChI is InChI=1S/C25H30N2O3/c1-17-16-24(27(18(2)28)20-8-4-5-9-20)22-10-6-7-11-23(22)26(17)25(29)19-12-14-21(30-3)15-13-19/h6-7,10-15,17,20,24H,4-5,8-9,16H2,1-3H3. The first-order valence-corrected chi connectivity index (χ1v) is 10.9. The molecule has 1 saturated carbocycles. The second-order valence-corrected chi connectivity index (χ2v) is 8.43. The van der Waals surface area contributed by atoms with Crippen molar-refractivity contribution in [1.82, 2.24) is 4.90 Å². The minimum atomic E-state index is -0.0219. The van der Waals surface area contributed by atoms with Crippen LogP contribution >= 0.6 is 0 Å². The summed E-state index contributed by atoms with van der Waals surface area (Å²) in [5.41, 5.74) is 2.61. The largest absolute Gasteiger partial charge is 0.497 e. The maximum absolute atomic E-state index is 13.4. The second kappa shape index (κ2) is 8.50. The van der Waals surface area contributed by atoms with E-state index in [1.807, 2.05) is 47.4 Å². The van der Waals surface area contributed by atoms with Gasteiger partial charge in [0.2, 0.25) is 5.91 Å². The predicted octanol–water partition coefficient (Wildman–Crippen LogP) is 4.97. The summed E-state index contributed by atoms with van der Waals surface area (Å²) in [4.78, 5) is 30.1. The third-order valence-corrected chi connectivity index (χ3v) is 6.53. The first-order chi connectivity index (χ1) is 14.5. The van der Waals surface area contributed by atoms with Crippen molar-refractivity contribution >= 4 is 17.5 Å². The summed E-state index contributed by atoms with van der Waals surface area (Å²) in [6.07, 6.45) is 5.25. The van der Waals surface area contributed by atoms with Crippen molar-refractivity contribution in [2.45, 2.75) is 64.1 Å². The zero-order valence-electron chi connectivity index (χ0n) is 18.0. The minimum Gasteiger partial charge on any atom is -0.497 e. The van der Waals surface area contributed by atoms with Crippen LogP contribution in [0.4, 0.5) is 5.69 Å². The van der Waals surface area contributed by atoms with Crippen LogP contribution in [-0.4, -0.2) is 35.9 Å². The molecular formula is C25H30N2O3. The Bertz CT molecular complexity index is 918. The Morgan fingerprint density at radius 2 is 1.70 bits per heavy atom. The number of nitrogens with zero attached hydrogens (tertiary/aromatic N) is 2. The molecule has 0 bridgehead atoms. The Hall–Kier alpha value is -2.82. The van der Waals surface area contributed by atoms with Crippen LogP contribution in [0.25, 0.3) is 0 Å². The summed E-state index contributed by atoms with van der Waals surface area (Å²) in [5, 5.41) is 0. The predicted molar refractivity (Wildman–Crippen MR) is 118 cm³/mol. The van der Waals surface area contributed by atoms with Crippen LogP contribution in [-0.2, 0) is 4.79 Å². The number of benzene rings is 2. The third kappa shape index (κ3) is 3.69. The molecule has 0 radical (unpaired) electrons. The Morgan fingerprint density at radius 3 is 2.33 bits per heavy atom. The maximum atomic E-state index is 13.4. The Balaban J connectivity index is 1.71. The van der Waals surface area contributed by atoms with Gasteiger partial charge in [-0.15, -0.1) is 0 Å². The molecule has 5 nitrogen and oxygen atoms in total. The second-order valence-electron chi connectivity index (χ2n) is 8.43. The van der Waals surface area contributed by atoms with E-state index in [1.165, 1.54) is 12.8 Å². The summed E-state index contributed by atoms with van der Waals surface area (Å²) in [5.74, 6) is 0.836. The van der Waals surface area contributed by atoms with E-state index in [0.717, 1.165) is 36.3 Å². The number of carbonyl (C=O) groups is 2. The number of ether oxygens (including phenoxy) is 1. The van der Waals surface area contributed by atoms with Crippen LogP contribution in [0.1, 0.15) is 67.9 Å². The van der Waals surface area contributed by atoms with Crippen molar-refractivity contribution in [1.29, 1.82) is 0 Å². The van der Waals surface area contributed by atoms with Gasteiger partial charge in [-0.2, -0.15) is 0 Å². The summed E-state index contributed by atoms with van der Waals surface area (Å²) >= 11 is 0. The molecule has 2 aromatic carbocycles. The normalized spacial score (nSPS) is 21.2. The first-order valence-electron chi connectivity index (χ1n) is 10.9. The van der Waals surface area contributed by atoms with E-state index in [-0.39, 0.29) is 23.9 Å². The van der Waals surface area contributed by atoms with E-state index in [2.05, 4.69) is 17.9 Å². The highest BCUT2D eigenvalue weighted by Crippen LogP contribution is 2.43. The molecule has 1 fully saturated rings. The van der Waals surface area contributed by atoms with Gasteiger partial charge in [0.1, 0.15) is 5.75 Å². The van der Waals surface area contributed by atoms with Crippen LogP contribution in [0.15, 0.2) is 48.5 Å². The molecule has 2 aliphatic rings. The van der Waals surface area contributed by atoms with Crippen LogP contribution in [0.2, 0.25) is 0 Å². The van der Waals surface area contributed by atoms with Crippen molar-refractivity contribution in [3.63, 3.8) is 0 Å². The Labute approximate surface area is 178 Å². The molecule has 30 heavy (non-hydrogen) atoms. The van der Waals surface area contributed by atoms with Gasteiger partial charge in [0.05, 0.1) is 13.2 Å². The molecule has 1 aliphatic carbocycles. The highest BCUT2D eigenvalue weighted by molar-refractivity contribution is 6.07. The molecule has 0 aromatic heterocycles. The molecule has 158 valence electrons. The first kappa shape index (κ1) is 20.5. The molecule has 0 N–H and O–H groups in total. The molecule has 2 unspecified atom stereocenters. The number of fused-ring (bicyclic) bond motifs is 1. The Morgan fingerprint density at radius 1 is 1.03 bits per heavy atom. The van der Waals surface area contributed by atoms with Gasteiger partial charge < -0.3 is 14.5 Å². The summed E-state index contributed by atoms with van der Waals surface area (Å²) in [6, 6.07) is 15.6. The van der Waals surface area contributed by atoms with Crippen LogP contribution in [0, 0.1) is 0 Å². The number of carbonyl (C=O) groups excluding carboxylic acids is 2. The summed E-state index contributed by atoms with van der Waals surface area (Å²) in [6.45, 7) is 3.76. The SMILES string of the molecule is COc1ccc(C(=O)N2c3ccccc3C(N(C(C)=O)C3CCCC3)CC2C)cc1. The number of hydrogen-bond acceptors (Lipinski definition) is 3. The molecule has 0 saturated heterocycles. The van der Waals surface area contributed by atoms with Crippen molar-refractivity contribution in [3.8, 4) is 5.75 Å². The highest BCUT2D eigenvalue weighted by Gasteiger charge is 2.40. The third-order valence-electron chi connectivity index (χ3n) is 6.53. The monoisotopic (exact) mass is 406 g/mol. The van der Waals surface area contributed by atoms with E-state index < -0.39 is 0 Å². The minimum absolute atomic E-state index is 0.0108. The lowest BCUT2D eigenvalue weighted by molar-refractivity contribution is -0.134. The lowest BCUT2D eigenvalue weighted by Crippen LogP contribution is -2.49. The van der Waals surface area contributed by atoms with E-state index in [0.29, 0.717) is 11.6 Å². The fraction of sp³-hybridized carbons (Fsp3) is 0.440. The smallest absolute Gasteiger partial charge is 0.258 e. The van der Waals surface area contributed by atoms with Crippen LogP contribution in [0.3, 0.4) is 0 Å². The molecule has 5 heteroatoms. The lowest BCUT2D eigenvalue weighted by atomic mass is 9.88. The number of methoxy groups -OCH3 is 1. The van der Waals surface area contributed by atoms with Gasteiger partial charge in [-0.25, -0.2) is 0 Å². The van der Waals surface area contributed by atoms with Crippen molar-refractivity contribution < 1.29 is 14.3 Å². The zero-order valence-corrected chi connectivity index (χ0v) is 18.0. The molecule has 2 aromatic rings. The van der Waals surface area contributed by atoms with E-state index >= 15 is 0 Å². The van der Waals surface area contributed by atoms with Gasteiger partial charge in [-0.1, -0.05) is 31.0 Å². The average Bonchev–Trinajstić information content (AvgIpc) is 3.27. The molecule has 4 rings (SSSR count). The quantitative estimate of drug-likeness (QED) is 0.721. The maximum Gasteiger partial charge on any atom is 0.258 e. The summed E-state index contributed by atoms with van der Waals surface area (Å²) < 4.78 is 5.22. The molecule has 2 atom stereocenters. The van der Waals surface area contributed by atoms with Crippen molar-refractivity contribution in [2.24, 2.45) is 0 Å². The molecule has 2 amide bonds. The average molecular weight is 407 g/mol. The van der Waals surface area contributed by atoms with E-state index in [9.17, 15) is 9.59 Å². The number of rotatable bonds is 4. The number of amides is 2. The lowest BCUT2D eigenvalue weighted by Gasteiger charge is -2.45. The van der Waals surface area contributed by atoms with E-state index in [1.54, 1.807) is 14.0 Å². The molecule has 1 heterocycles. The van der Waals surface area contributed by atoms with Crippen molar-refractivity contribution in [2.75, 3.05) is 12.0 Å². The summed E-state index contributed by atoms with van der Waals surface area (Å²) in [7, 11) is 1.62. The van der Waals surface area contributed by atoms with Gasteiger partial charge in [0.25, 0.3) is 5.91 Å². The molecular weight excluding hydrogens is 376 g/mol. The van der Waals surface area contributed by atoms with Crippen LogP contribution < -0.4 is 9.64 Å². The highest BCUT2D eigenvalue weighted by atomic mass is 16.5. The van der Waals surface area contributed by atoms with Gasteiger partial charge in [-0.05, 0) is 62.1 Å². The molecule has 1 aliphatic heterocycles. The van der Waals surface area contributed by atoms with E-state index in [4.69, 9.17) is 4.74 Å². The number of hydrogen-bond donors (Lipinski definition) is 0. The zero-order chi connectivity index (χ0) is 21.3. The Kier molecular flexibility index (Phi) is 5.80. The fourth-order valence-corrected chi connectivity index (χ4v) is 5.14. The fourth-order valence-electron chi connectivity index (χ4n) is 5.14. The van der Waals surface area contributed by atoms with Crippen molar-refractivity contribution in [3.05, 3.63) is 59.7 Å². The van der Waals surface area contributed by atoms with Gasteiger partial charge in [0.15, 0.2) is 0 Å². The topological polar surface area (TPSA) is 49.9 Å². The van der Waals surface area contributed by atoms with Gasteiger partial charge in [0, 0.05) is 30.3 Å². The van der Waals surface area contributed by atoms with Gasteiger partial charge in [-0.3, -0.25) is 9.59 Å².